The molecule has 1 aromatic heterocycles. The number of carbonyl (C=O) groups is 1. The van der Waals surface area contributed by atoms with Crippen LogP contribution in [0.2, 0.25) is 0 Å². The number of rotatable bonds is 5. The number of phenolic OH excluding ortho intramolecular Hbond substituents is 1. The van der Waals surface area contributed by atoms with E-state index in [4.69, 9.17) is 4.74 Å². The highest BCUT2D eigenvalue weighted by molar-refractivity contribution is 7.10. The van der Waals surface area contributed by atoms with Crippen LogP contribution in [0.1, 0.15) is 21.3 Å². The van der Waals surface area contributed by atoms with Gasteiger partial charge in [-0.1, -0.05) is 30.3 Å². The summed E-state index contributed by atoms with van der Waals surface area (Å²) in [6.07, 6.45) is 0. The minimum atomic E-state index is -0.256. The van der Waals surface area contributed by atoms with Crippen molar-refractivity contribution in [1.29, 1.82) is 0 Å². The largest absolute Gasteiger partial charge is 0.507 e. The fraction of sp³-hybridized carbons (Fsp3) is 0.286. The van der Waals surface area contributed by atoms with E-state index in [0.717, 1.165) is 23.9 Å². The normalized spacial score (nSPS) is 16.3. The Bertz CT molecular complexity index is 920. The van der Waals surface area contributed by atoms with Crippen molar-refractivity contribution in [3.63, 3.8) is 0 Å². The molecule has 1 amide bonds. The number of nitrogens with zero attached hydrogens (tertiary/aromatic N) is 1. The first-order chi connectivity index (χ1) is 13.2. The van der Waals surface area contributed by atoms with Crippen LogP contribution in [0, 0.1) is 0 Å². The number of ether oxygens (including phenoxy) is 1. The molecule has 1 fully saturated rings. The maximum Gasteiger partial charge on any atom is 0.255 e. The highest BCUT2D eigenvalue weighted by Crippen LogP contribution is 2.27. The molecule has 0 unspecified atom stereocenters. The number of amides is 1. The third kappa shape index (κ3) is 3.98. The van der Waals surface area contributed by atoms with Crippen molar-refractivity contribution < 1.29 is 14.6 Å². The van der Waals surface area contributed by atoms with Gasteiger partial charge in [0.15, 0.2) is 0 Å². The van der Waals surface area contributed by atoms with E-state index >= 15 is 0 Å². The van der Waals surface area contributed by atoms with E-state index in [1.54, 1.807) is 23.5 Å². The molecule has 0 bridgehead atoms. The van der Waals surface area contributed by atoms with Gasteiger partial charge in [-0.3, -0.25) is 9.69 Å². The molecular weight excluding hydrogens is 360 g/mol. The maximum absolute atomic E-state index is 12.8. The Hall–Kier alpha value is -2.41. The van der Waals surface area contributed by atoms with Crippen molar-refractivity contribution in [2.24, 2.45) is 0 Å². The lowest BCUT2D eigenvalue weighted by molar-refractivity contribution is 0.0169. The third-order valence-corrected chi connectivity index (χ3v) is 5.90. The van der Waals surface area contributed by atoms with E-state index in [1.165, 1.54) is 4.88 Å². The molecule has 0 aliphatic carbocycles. The second-order valence-electron chi connectivity index (χ2n) is 6.61. The molecule has 0 saturated carbocycles. The highest BCUT2D eigenvalue weighted by atomic mass is 32.1. The van der Waals surface area contributed by atoms with E-state index in [0.29, 0.717) is 25.3 Å². The number of hydrogen-bond acceptors (Lipinski definition) is 5. The topological polar surface area (TPSA) is 61.8 Å². The Labute approximate surface area is 162 Å². The number of benzene rings is 2. The second kappa shape index (κ2) is 8.08. The highest BCUT2D eigenvalue weighted by Gasteiger charge is 2.24. The van der Waals surface area contributed by atoms with E-state index < -0.39 is 0 Å². The summed E-state index contributed by atoms with van der Waals surface area (Å²) in [5.74, 6) is -0.252. The van der Waals surface area contributed by atoms with Crippen LogP contribution < -0.4 is 5.32 Å². The molecule has 2 heterocycles. The van der Waals surface area contributed by atoms with Crippen LogP contribution in [-0.2, 0) is 4.74 Å². The first kappa shape index (κ1) is 18.0. The molecule has 6 heteroatoms. The Balaban J connectivity index is 1.52. The smallest absolute Gasteiger partial charge is 0.255 e. The van der Waals surface area contributed by atoms with Gasteiger partial charge in [0.25, 0.3) is 5.91 Å². The van der Waals surface area contributed by atoms with Gasteiger partial charge in [-0.25, -0.2) is 0 Å². The van der Waals surface area contributed by atoms with Crippen LogP contribution in [0.3, 0.4) is 0 Å². The minimum Gasteiger partial charge on any atom is -0.507 e. The molecule has 2 aromatic carbocycles. The summed E-state index contributed by atoms with van der Waals surface area (Å²) in [4.78, 5) is 16.3. The zero-order chi connectivity index (χ0) is 18.6. The van der Waals surface area contributed by atoms with E-state index in [9.17, 15) is 9.90 Å². The summed E-state index contributed by atoms with van der Waals surface area (Å²) < 4.78 is 5.46. The van der Waals surface area contributed by atoms with Crippen LogP contribution in [-0.4, -0.2) is 48.8 Å². The first-order valence-electron chi connectivity index (χ1n) is 9.07. The van der Waals surface area contributed by atoms with Crippen molar-refractivity contribution in [3.05, 3.63) is 64.4 Å². The van der Waals surface area contributed by atoms with Gasteiger partial charge >= 0.3 is 0 Å². The Morgan fingerprint density at radius 2 is 1.89 bits per heavy atom. The Morgan fingerprint density at radius 1 is 1.15 bits per heavy atom. The van der Waals surface area contributed by atoms with Crippen molar-refractivity contribution in [3.8, 4) is 5.75 Å². The van der Waals surface area contributed by atoms with Gasteiger partial charge in [-0.2, -0.15) is 0 Å². The van der Waals surface area contributed by atoms with Crippen LogP contribution >= 0.6 is 11.3 Å². The van der Waals surface area contributed by atoms with Crippen LogP contribution in [0.4, 0.5) is 0 Å². The van der Waals surface area contributed by atoms with E-state index in [1.807, 2.05) is 30.3 Å². The SMILES string of the molecule is O=C(NC[C@@H](c1cccs1)N1CCOCC1)c1cc2ccccc2cc1O. The summed E-state index contributed by atoms with van der Waals surface area (Å²) in [5.41, 5.74) is 0.306. The Kier molecular flexibility index (Phi) is 5.38. The number of carbonyl (C=O) groups excluding carboxylic acids is 1. The summed E-state index contributed by atoms with van der Waals surface area (Å²) in [6.45, 7) is 3.60. The molecule has 3 aromatic rings. The summed E-state index contributed by atoms with van der Waals surface area (Å²) >= 11 is 1.69. The maximum atomic E-state index is 12.8. The number of morpholine rings is 1. The zero-order valence-electron chi connectivity index (χ0n) is 14.9. The molecule has 0 spiro atoms. The van der Waals surface area contributed by atoms with Crippen molar-refractivity contribution in [2.45, 2.75) is 6.04 Å². The quantitative estimate of drug-likeness (QED) is 0.710. The molecule has 1 atom stereocenters. The van der Waals surface area contributed by atoms with Crippen molar-refractivity contribution in [1.82, 2.24) is 10.2 Å². The average Bonchev–Trinajstić information content (AvgIpc) is 3.23. The number of aromatic hydroxyl groups is 1. The minimum absolute atomic E-state index is 0.00486. The van der Waals surface area contributed by atoms with Crippen molar-refractivity contribution in [2.75, 3.05) is 32.8 Å². The lowest BCUT2D eigenvalue weighted by atomic mass is 10.1. The van der Waals surface area contributed by atoms with Gasteiger partial charge < -0.3 is 15.2 Å². The van der Waals surface area contributed by atoms with E-state index in [2.05, 4.69) is 21.7 Å². The third-order valence-electron chi connectivity index (χ3n) is 4.92. The molecule has 1 aliphatic rings. The van der Waals surface area contributed by atoms with Crippen molar-refractivity contribution >= 4 is 28.0 Å². The standard InChI is InChI=1S/C21H22N2O3S/c24-19-13-16-5-2-1-4-15(16)12-17(19)21(25)22-14-18(20-6-3-11-27-20)23-7-9-26-10-8-23/h1-6,11-13,18,24H,7-10,14H2,(H,22,25)/t18-/m0/s1. The number of thiophene rings is 1. The number of phenols is 1. The van der Waals surface area contributed by atoms with E-state index in [-0.39, 0.29) is 17.7 Å². The van der Waals surface area contributed by atoms with Crippen LogP contribution in [0.15, 0.2) is 53.9 Å². The lowest BCUT2D eigenvalue weighted by Crippen LogP contribution is -2.43. The summed E-state index contributed by atoms with van der Waals surface area (Å²) in [6, 6.07) is 15.3. The number of fused-ring (bicyclic) bond motifs is 1. The summed E-state index contributed by atoms with van der Waals surface area (Å²) in [5, 5.41) is 17.2. The molecule has 2 N–H and O–H groups in total. The molecule has 1 saturated heterocycles. The molecule has 5 nitrogen and oxygen atoms in total. The Morgan fingerprint density at radius 3 is 2.59 bits per heavy atom. The first-order valence-corrected chi connectivity index (χ1v) is 9.95. The van der Waals surface area contributed by atoms with Crippen LogP contribution in [0.5, 0.6) is 5.75 Å². The van der Waals surface area contributed by atoms with Gasteiger partial charge in [0.2, 0.25) is 0 Å². The predicted octanol–water partition coefficient (Wildman–Crippen LogP) is 3.41. The molecule has 4 rings (SSSR count). The molecule has 0 radical (unpaired) electrons. The molecule has 27 heavy (non-hydrogen) atoms. The predicted molar refractivity (Wildman–Crippen MR) is 107 cm³/mol. The monoisotopic (exact) mass is 382 g/mol. The van der Waals surface area contributed by atoms with Gasteiger partial charge in [0, 0.05) is 24.5 Å². The fourth-order valence-electron chi connectivity index (χ4n) is 3.47. The van der Waals surface area contributed by atoms with Gasteiger partial charge in [0.05, 0.1) is 24.8 Å². The van der Waals surface area contributed by atoms with Gasteiger partial charge in [-0.05, 0) is 34.4 Å². The van der Waals surface area contributed by atoms with Gasteiger partial charge in [-0.15, -0.1) is 11.3 Å². The lowest BCUT2D eigenvalue weighted by Gasteiger charge is -2.34. The molecule has 140 valence electrons. The van der Waals surface area contributed by atoms with Gasteiger partial charge in [0.1, 0.15) is 5.75 Å². The molecule has 1 aliphatic heterocycles. The number of nitrogens with one attached hydrogen (secondary N) is 1. The number of hydrogen-bond donors (Lipinski definition) is 2. The average molecular weight is 382 g/mol. The summed E-state index contributed by atoms with van der Waals surface area (Å²) in [7, 11) is 0. The fourth-order valence-corrected chi connectivity index (χ4v) is 4.34. The van der Waals surface area contributed by atoms with Crippen LogP contribution in [0.25, 0.3) is 10.8 Å². The second-order valence-corrected chi connectivity index (χ2v) is 7.59. The zero-order valence-corrected chi connectivity index (χ0v) is 15.7. The molecular formula is C21H22N2O3S.